The second kappa shape index (κ2) is 3.97. The van der Waals surface area contributed by atoms with Crippen molar-refractivity contribution < 1.29 is 15.0 Å². The van der Waals surface area contributed by atoms with E-state index in [-0.39, 0.29) is 11.3 Å². The lowest BCUT2D eigenvalue weighted by atomic mass is 10.0. The molecular weight excluding hydrogens is 184 g/mol. The van der Waals surface area contributed by atoms with Gasteiger partial charge in [-0.1, -0.05) is 13.0 Å². The molecule has 5 heteroatoms. The van der Waals surface area contributed by atoms with E-state index in [1.807, 2.05) is 12.3 Å². The normalized spacial score (nSPS) is 9.86. The highest BCUT2D eigenvalue weighted by Crippen LogP contribution is 2.31. The first-order valence-corrected chi connectivity index (χ1v) is 4.16. The Labute approximate surface area is 81.1 Å². The van der Waals surface area contributed by atoms with Gasteiger partial charge in [-0.2, -0.15) is 0 Å². The van der Waals surface area contributed by atoms with Crippen molar-refractivity contribution in [1.29, 1.82) is 0 Å². The SMILES string of the molecule is CCc1ccc(O)c(O)c1C(=O)NN. The van der Waals surface area contributed by atoms with E-state index in [1.165, 1.54) is 6.07 Å². The van der Waals surface area contributed by atoms with Crippen LogP contribution in [-0.4, -0.2) is 16.1 Å². The Morgan fingerprint density at radius 3 is 2.64 bits per heavy atom. The number of carbonyl (C=O) groups excluding carboxylic acids is 1. The fraction of sp³-hybridized carbons (Fsp3) is 0.222. The average Bonchev–Trinajstić information content (AvgIpc) is 2.20. The molecule has 1 rings (SSSR count). The fourth-order valence-corrected chi connectivity index (χ4v) is 1.24. The van der Waals surface area contributed by atoms with Crippen molar-refractivity contribution in [2.45, 2.75) is 13.3 Å². The Hall–Kier alpha value is -1.75. The zero-order valence-corrected chi connectivity index (χ0v) is 7.74. The second-order valence-corrected chi connectivity index (χ2v) is 2.79. The van der Waals surface area contributed by atoms with Crippen LogP contribution in [0.5, 0.6) is 11.5 Å². The summed E-state index contributed by atoms with van der Waals surface area (Å²) in [4.78, 5) is 11.3. The Balaban J connectivity index is 3.35. The number of rotatable bonds is 2. The molecule has 14 heavy (non-hydrogen) atoms. The van der Waals surface area contributed by atoms with Gasteiger partial charge in [-0.25, -0.2) is 5.84 Å². The van der Waals surface area contributed by atoms with Gasteiger partial charge in [0.15, 0.2) is 11.5 Å². The van der Waals surface area contributed by atoms with Crippen LogP contribution < -0.4 is 11.3 Å². The minimum Gasteiger partial charge on any atom is -0.504 e. The molecule has 0 saturated carbocycles. The molecule has 0 radical (unpaired) electrons. The number of hydrogen-bond donors (Lipinski definition) is 4. The average molecular weight is 196 g/mol. The topological polar surface area (TPSA) is 95.6 Å². The number of phenolic OH excluding ortho intramolecular Hbond substituents is 2. The molecule has 5 N–H and O–H groups in total. The van der Waals surface area contributed by atoms with Crippen LogP contribution in [0.15, 0.2) is 12.1 Å². The lowest BCUT2D eigenvalue weighted by Gasteiger charge is -2.09. The molecule has 0 unspecified atom stereocenters. The maximum absolute atomic E-state index is 11.3. The van der Waals surface area contributed by atoms with Crippen molar-refractivity contribution >= 4 is 5.91 Å². The van der Waals surface area contributed by atoms with Gasteiger partial charge in [0.25, 0.3) is 5.91 Å². The molecule has 1 aromatic rings. The highest BCUT2D eigenvalue weighted by atomic mass is 16.3. The number of benzene rings is 1. The molecule has 5 nitrogen and oxygen atoms in total. The largest absolute Gasteiger partial charge is 0.504 e. The number of nitrogens with one attached hydrogen (secondary N) is 1. The summed E-state index contributed by atoms with van der Waals surface area (Å²) in [5, 5.41) is 18.6. The first-order chi connectivity index (χ1) is 6.61. The molecule has 0 fully saturated rings. The van der Waals surface area contributed by atoms with Crippen molar-refractivity contribution in [1.82, 2.24) is 5.43 Å². The lowest BCUT2D eigenvalue weighted by molar-refractivity contribution is 0.0949. The van der Waals surface area contributed by atoms with Gasteiger partial charge in [0.1, 0.15) is 0 Å². The Morgan fingerprint density at radius 2 is 2.14 bits per heavy atom. The van der Waals surface area contributed by atoms with Crippen LogP contribution in [0.3, 0.4) is 0 Å². The molecule has 0 saturated heterocycles. The number of aryl methyl sites for hydroxylation is 1. The van der Waals surface area contributed by atoms with Gasteiger partial charge in [0.05, 0.1) is 5.56 Å². The van der Waals surface area contributed by atoms with Crippen LogP contribution in [0.2, 0.25) is 0 Å². The molecule has 0 spiro atoms. The van der Waals surface area contributed by atoms with Gasteiger partial charge in [0, 0.05) is 0 Å². The van der Waals surface area contributed by atoms with E-state index in [4.69, 9.17) is 5.84 Å². The summed E-state index contributed by atoms with van der Waals surface area (Å²) in [5.74, 6) is 3.57. The smallest absolute Gasteiger partial charge is 0.269 e. The predicted molar refractivity (Wildman–Crippen MR) is 50.8 cm³/mol. The number of amides is 1. The van der Waals surface area contributed by atoms with E-state index >= 15 is 0 Å². The molecule has 0 atom stereocenters. The first-order valence-electron chi connectivity index (χ1n) is 4.16. The number of nitrogen functional groups attached to an aromatic ring is 1. The van der Waals surface area contributed by atoms with E-state index in [1.54, 1.807) is 6.07 Å². The lowest BCUT2D eigenvalue weighted by Crippen LogP contribution is -2.30. The third kappa shape index (κ3) is 1.62. The van der Waals surface area contributed by atoms with Crippen molar-refractivity contribution in [3.8, 4) is 11.5 Å². The minimum atomic E-state index is -0.616. The molecule has 0 aliphatic rings. The maximum Gasteiger partial charge on any atom is 0.269 e. The van der Waals surface area contributed by atoms with Crippen molar-refractivity contribution in [2.24, 2.45) is 5.84 Å². The highest BCUT2D eigenvalue weighted by molar-refractivity contribution is 5.98. The summed E-state index contributed by atoms with van der Waals surface area (Å²) in [6, 6.07) is 2.90. The van der Waals surface area contributed by atoms with Gasteiger partial charge in [-0.3, -0.25) is 10.2 Å². The summed E-state index contributed by atoms with van der Waals surface area (Å²) in [5.41, 5.74) is 2.57. The maximum atomic E-state index is 11.3. The Morgan fingerprint density at radius 1 is 1.50 bits per heavy atom. The van der Waals surface area contributed by atoms with Gasteiger partial charge in [-0.15, -0.1) is 0 Å². The van der Waals surface area contributed by atoms with Crippen LogP contribution in [0.4, 0.5) is 0 Å². The van der Waals surface area contributed by atoms with Crippen molar-refractivity contribution in [3.05, 3.63) is 23.3 Å². The quantitative estimate of drug-likeness (QED) is 0.236. The standard InChI is InChI=1S/C9H12N2O3/c1-2-5-3-4-6(12)8(13)7(5)9(14)11-10/h3-4,12-13H,2,10H2,1H3,(H,11,14). The zero-order chi connectivity index (χ0) is 10.7. The van der Waals surface area contributed by atoms with Gasteiger partial charge in [-0.05, 0) is 18.1 Å². The predicted octanol–water partition coefficient (Wildman–Crippen LogP) is 0.264. The molecular formula is C9H12N2O3. The van der Waals surface area contributed by atoms with Crippen LogP contribution in [-0.2, 0) is 6.42 Å². The number of carbonyl (C=O) groups is 1. The molecule has 76 valence electrons. The van der Waals surface area contributed by atoms with Crippen LogP contribution in [0, 0.1) is 0 Å². The molecule has 1 aromatic carbocycles. The van der Waals surface area contributed by atoms with Crippen LogP contribution in [0.1, 0.15) is 22.8 Å². The number of hydrazine groups is 1. The van der Waals surface area contributed by atoms with Gasteiger partial charge >= 0.3 is 0 Å². The molecule has 0 aromatic heterocycles. The number of hydrogen-bond acceptors (Lipinski definition) is 4. The number of nitrogens with two attached hydrogens (primary N) is 1. The zero-order valence-electron chi connectivity index (χ0n) is 7.74. The van der Waals surface area contributed by atoms with Gasteiger partial charge in [0.2, 0.25) is 0 Å². The molecule has 0 aliphatic carbocycles. The Bertz CT molecular complexity index is 363. The molecule has 1 amide bonds. The summed E-state index contributed by atoms with van der Waals surface area (Å²) >= 11 is 0. The van der Waals surface area contributed by atoms with Crippen molar-refractivity contribution in [3.63, 3.8) is 0 Å². The monoisotopic (exact) mass is 196 g/mol. The summed E-state index contributed by atoms with van der Waals surface area (Å²) < 4.78 is 0. The van der Waals surface area contributed by atoms with E-state index in [2.05, 4.69) is 0 Å². The van der Waals surface area contributed by atoms with Crippen LogP contribution in [0.25, 0.3) is 0 Å². The minimum absolute atomic E-state index is 0.0231. The van der Waals surface area contributed by atoms with Gasteiger partial charge < -0.3 is 10.2 Å². The molecule has 0 aliphatic heterocycles. The van der Waals surface area contributed by atoms with E-state index in [9.17, 15) is 15.0 Å². The number of phenols is 2. The summed E-state index contributed by atoms with van der Waals surface area (Å²) in [6.45, 7) is 1.83. The van der Waals surface area contributed by atoms with Crippen LogP contribution >= 0.6 is 0 Å². The molecule has 0 heterocycles. The summed E-state index contributed by atoms with van der Waals surface area (Å²) in [7, 11) is 0. The Kier molecular flexibility index (Phi) is 2.93. The fourth-order valence-electron chi connectivity index (χ4n) is 1.24. The third-order valence-electron chi connectivity index (χ3n) is 1.98. The third-order valence-corrected chi connectivity index (χ3v) is 1.98. The second-order valence-electron chi connectivity index (χ2n) is 2.79. The summed E-state index contributed by atoms with van der Waals surface area (Å²) in [6.07, 6.45) is 0.566. The molecule has 0 bridgehead atoms. The van der Waals surface area contributed by atoms with E-state index in [0.717, 1.165) is 0 Å². The van der Waals surface area contributed by atoms with E-state index < -0.39 is 11.7 Å². The van der Waals surface area contributed by atoms with Crippen molar-refractivity contribution in [2.75, 3.05) is 0 Å². The highest BCUT2D eigenvalue weighted by Gasteiger charge is 2.17. The first kappa shape index (κ1) is 10.3. The number of aromatic hydroxyl groups is 2. The van der Waals surface area contributed by atoms with E-state index in [0.29, 0.717) is 12.0 Å².